The lowest BCUT2D eigenvalue weighted by Crippen LogP contribution is -2.21. The molecule has 0 saturated heterocycles. The van der Waals surface area contributed by atoms with E-state index in [2.05, 4.69) is 36.3 Å². The van der Waals surface area contributed by atoms with Crippen LogP contribution in [0.5, 0.6) is 0 Å². The van der Waals surface area contributed by atoms with Crippen molar-refractivity contribution in [3.8, 4) is 0 Å². The molecule has 2 nitrogen and oxygen atoms in total. The van der Waals surface area contributed by atoms with E-state index in [0.29, 0.717) is 0 Å². The number of rotatable bonds is 6. The normalized spacial score (nSPS) is 11.6. The highest BCUT2D eigenvalue weighted by Gasteiger charge is 2.09. The fraction of sp³-hybridized carbons (Fsp3) is 0.467. The average Bonchev–Trinajstić information content (AvgIpc) is 2.72. The number of halogens is 1. The zero-order valence-electron chi connectivity index (χ0n) is 11.1. The van der Waals surface area contributed by atoms with E-state index in [-0.39, 0.29) is 0 Å². The van der Waals surface area contributed by atoms with Crippen LogP contribution in [-0.4, -0.2) is 11.5 Å². The van der Waals surface area contributed by atoms with Gasteiger partial charge in [0.25, 0.3) is 0 Å². The van der Waals surface area contributed by atoms with Crippen molar-refractivity contribution in [2.75, 3.05) is 6.54 Å². The maximum atomic E-state index is 6.37. The Hall–Kier alpha value is -0.990. The molecule has 0 spiro atoms. The van der Waals surface area contributed by atoms with Crippen LogP contribution in [0.25, 0.3) is 10.9 Å². The SMILES string of the molecule is CCC(CC)CNCc1[nH]c2ccccc2c1Cl. The van der Waals surface area contributed by atoms with Crippen molar-refractivity contribution in [3.05, 3.63) is 35.0 Å². The highest BCUT2D eigenvalue weighted by atomic mass is 35.5. The molecule has 98 valence electrons. The molecule has 0 atom stereocenters. The largest absolute Gasteiger partial charge is 0.356 e. The molecule has 2 rings (SSSR count). The number of para-hydroxylation sites is 1. The minimum Gasteiger partial charge on any atom is -0.356 e. The minimum atomic E-state index is 0.758. The number of H-pyrrole nitrogens is 1. The Bertz CT molecular complexity index is 500. The van der Waals surface area contributed by atoms with E-state index in [1.807, 2.05) is 12.1 Å². The zero-order chi connectivity index (χ0) is 13.0. The van der Waals surface area contributed by atoms with E-state index in [1.165, 1.54) is 12.8 Å². The second kappa shape index (κ2) is 6.26. The van der Waals surface area contributed by atoms with Crippen LogP contribution >= 0.6 is 11.6 Å². The number of fused-ring (bicyclic) bond motifs is 1. The van der Waals surface area contributed by atoms with E-state index < -0.39 is 0 Å². The molecule has 0 aliphatic carbocycles. The highest BCUT2D eigenvalue weighted by molar-refractivity contribution is 6.36. The second-order valence-electron chi connectivity index (χ2n) is 4.78. The van der Waals surface area contributed by atoms with Crippen molar-refractivity contribution in [2.24, 2.45) is 5.92 Å². The van der Waals surface area contributed by atoms with Crippen molar-refractivity contribution in [3.63, 3.8) is 0 Å². The molecule has 0 fully saturated rings. The molecule has 0 saturated carbocycles. The first-order valence-corrected chi connectivity index (χ1v) is 7.09. The minimum absolute atomic E-state index is 0.758. The Balaban J connectivity index is 2.01. The quantitative estimate of drug-likeness (QED) is 0.798. The van der Waals surface area contributed by atoms with Crippen LogP contribution < -0.4 is 5.32 Å². The number of aromatic amines is 1. The molecule has 0 aliphatic heterocycles. The maximum absolute atomic E-state index is 6.37. The molecule has 0 aliphatic rings. The summed E-state index contributed by atoms with van der Waals surface area (Å²) in [4.78, 5) is 3.38. The lowest BCUT2D eigenvalue weighted by Gasteiger charge is -2.12. The molecular weight excluding hydrogens is 244 g/mol. The summed E-state index contributed by atoms with van der Waals surface area (Å²) in [6, 6.07) is 8.16. The van der Waals surface area contributed by atoms with Gasteiger partial charge in [-0.3, -0.25) is 0 Å². The maximum Gasteiger partial charge on any atom is 0.0705 e. The Kier molecular flexibility index (Phi) is 4.67. The number of aromatic nitrogens is 1. The van der Waals surface area contributed by atoms with Crippen molar-refractivity contribution in [1.82, 2.24) is 10.3 Å². The van der Waals surface area contributed by atoms with Crippen molar-refractivity contribution in [2.45, 2.75) is 33.2 Å². The summed E-state index contributed by atoms with van der Waals surface area (Å²) in [5, 5.41) is 5.45. The van der Waals surface area contributed by atoms with Crippen LogP contribution in [0.4, 0.5) is 0 Å². The van der Waals surface area contributed by atoms with Crippen molar-refractivity contribution >= 4 is 22.5 Å². The van der Waals surface area contributed by atoms with Crippen LogP contribution in [0, 0.1) is 5.92 Å². The molecule has 18 heavy (non-hydrogen) atoms. The molecule has 1 heterocycles. The van der Waals surface area contributed by atoms with Crippen LogP contribution in [0.3, 0.4) is 0 Å². The number of hydrogen-bond acceptors (Lipinski definition) is 1. The summed E-state index contributed by atoms with van der Waals surface area (Å²) in [5.41, 5.74) is 2.20. The molecule has 3 heteroatoms. The number of nitrogens with one attached hydrogen (secondary N) is 2. The highest BCUT2D eigenvalue weighted by Crippen LogP contribution is 2.26. The van der Waals surface area contributed by atoms with Gasteiger partial charge < -0.3 is 10.3 Å². The summed E-state index contributed by atoms with van der Waals surface area (Å²) < 4.78 is 0. The van der Waals surface area contributed by atoms with Gasteiger partial charge in [-0.05, 0) is 18.5 Å². The molecule has 0 bridgehead atoms. The van der Waals surface area contributed by atoms with Gasteiger partial charge in [-0.1, -0.05) is 56.5 Å². The third kappa shape index (κ3) is 2.88. The van der Waals surface area contributed by atoms with Gasteiger partial charge in [-0.25, -0.2) is 0 Å². The van der Waals surface area contributed by atoms with E-state index in [4.69, 9.17) is 11.6 Å². The summed E-state index contributed by atoms with van der Waals surface area (Å²) in [5.74, 6) is 0.758. The summed E-state index contributed by atoms with van der Waals surface area (Å²) >= 11 is 6.37. The fourth-order valence-electron chi connectivity index (χ4n) is 2.26. The third-order valence-electron chi connectivity index (χ3n) is 3.60. The van der Waals surface area contributed by atoms with Gasteiger partial charge in [0.2, 0.25) is 0 Å². The van der Waals surface area contributed by atoms with Crippen LogP contribution in [-0.2, 0) is 6.54 Å². The van der Waals surface area contributed by atoms with Gasteiger partial charge in [-0.2, -0.15) is 0 Å². The monoisotopic (exact) mass is 264 g/mol. The van der Waals surface area contributed by atoms with Crippen LogP contribution in [0.1, 0.15) is 32.4 Å². The first kappa shape index (κ1) is 13.4. The third-order valence-corrected chi connectivity index (χ3v) is 4.04. The second-order valence-corrected chi connectivity index (χ2v) is 5.15. The Morgan fingerprint density at radius 3 is 2.61 bits per heavy atom. The van der Waals surface area contributed by atoms with E-state index in [1.54, 1.807) is 0 Å². The number of hydrogen-bond donors (Lipinski definition) is 2. The Morgan fingerprint density at radius 2 is 1.94 bits per heavy atom. The average molecular weight is 265 g/mol. The molecule has 1 aromatic carbocycles. The van der Waals surface area contributed by atoms with Gasteiger partial charge in [0.15, 0.2) is 0 Å². The predicted octanol–water partition coefficient (Wildman–Crippen LogP) is 4.35. The van der Waals surface area contributed by atoms with Crippen molar-refractivity contribution in [1.29, 1.82) is 0 Å². The smallest absolute Gasteiger partial charge is 0.0705 e. The molecule has 0 amide bonds. The van der Waals surface area contributed by atoms with E-state index in [9.17, 15) is 0 Å². The summed E-state index contributed by atoms with van der Waals surface area (Å²) in [7, 11) is 0. The van der Waals surface area contributed by atoms with E-state index in [0.717, 1.165) is 40.6 Å². The molecule has 2 aromatic rings. The lowest BCUT2D eigenvalue weighted by molar-refractivity contribution is 0.448. The molecule has 1 aromatic heterocycles. The fourth-order valence-corrected chi connectivity index (χ4v) is 2.54. The van der Waals surface area contributed by atoms with Crippen molar-refractivity contribution < 1.29 is 0 Å². The first-order valence-electron chi connectivity index (χ1n) is 6.72. The molecule has 0 radical (unpaired) electrons. The summed E-state index contributed by atoms with van der Waals surface area (Å²) in [6.45, 7) is 6.35. The Labute approximate surface area is 114 Å². The molecular formula is C15H21ClN2. The first-order chi connectivity index (χ1) is 8.76. The number of benzene rings is 1. The van der Waals surface area contributed by atoms with Gasteiger partial charge in [0, 0.05) is 23.1 Å². The van der Waals surface area contributed by atoms with Crippen LogP contribution in [0.15, 0.2) is 24.3 Å². The lowest BCUT2D eigenvalue weighted by atomic mass is 10.0. The summed E-state index contributed by atoms with van der Waals surface area (Å²) in [6.07, 6.45) is 2.45. The standard InChI is InChI=1S/C15H21ClN2/c1-3-11(4-2)9-17-10-14-15(16)12-7-5-6-8-13(12)18-14/h5-8,11,17-18H,3-4,9-10H2,1-2H3. The predicted molar refractivity (Wildman–Crippen MR) is 79.1 cm³/mol. The van der Waals surface area contributed by atoms with Crippen LogP contribution in [0.2, 0.25) is 5.02 Å². The van der Waals surface area contributed by atoms with Gasteiger partial charge in [0.1, 0.15) is 0 Å². The van der Waals surface area contributed by atoms with Gasteiger partial charge >= 0.3 is 0 Å². The van der Waals surface area contributed by atoms with Gasteiger partial charge in [0.05, 0.1) is 5.02 Å². The van der Waals surface area contributed by atoms with Gasteiger partial charge in [-0.15, -0.1) is 0 Å². The zero-order valence-corrected chi connectivity index (χ0v) is 11.8. The topological polar surface area (TPSA) is 27.8 Å². The molecule has 0 unspecified atom stereocenters. The Morgan fingerprint density at radius 1 is 1.22 bits per heavy atom. The van der Waals surface area contributed by atoms with E-state index >= 15 is 0 Å². The molecule has 2 N–H and O–H groups in total.